The Balaban J connectivity index is 0.000000356. The molecule has 1 atom stereocenters. The van der Waals surface area contributed by atoms with Crippen molar-refractivity contribution in [3.05, 3.63) is 93.5 Å². The Hall–Kier alpha value is -5.24. The first kappa shape index (κ1) is 59.1. The first-order chi connectivity index (χ1) is 32.5. The number of piperidine rings is 1. The first-order valence-electron chi connectivity index (χ1n) is 22.9. The van der Waals surface area contributed by atoms with E-state index in [1.807, 2.05) is 18.2 Å². The quantitative estimate of drug-likeness (QED) is 0.0368. The van der Waals surface area contributed by atoms with Crippen LogP contribution in [-0.4, -0.2) is 161 Å². The number of phenolic OH excluding ortho intramolecular Hbond substituents is 2. The third-order valence-corrected chi connectivity index (χ3v) is 12.4. The molecule has 3 aliphatic rings. The monoisotopic (exact) mass is 1030 g/mol. The van der Waals surface area contributed by atoms with Crippen LogP contribution in [0, 0.1) is 5.92 Å². The number of halogens is 3. The number of ether oxygens (including phenoxy) is 4. The zero-order chi connectivity index (χ0) is 47.9. The number of aliphatic hydroxyl groups is 2. The molecule has 0 saturated carbocycles. The average Bonchev–Trinajstić information content (AvgIpc) is 3.49. The zero-order valence-corrected chi connectivity index (χ0v) is 42.7. The molecule has 70 heavy (non-hydrogen) atoms. The van der Waals surface area contributed by atoms with Crippen LogP contribution in [0.25, 0.3) is 0 Å². The van der Waals surface area contributed by atoms with Crippen LogP contribution in [0.5, 0.6) is 34.5 Å². The highest BCUT2D eigenvalue weighted by Crippen LogP contribution is 2.42. The molecule has 4 aromatic rings. The summed E-state index contributed by atoms with van der Waals surface area (Å²) < 4.78 is 21.7. The van der Waals surface area contributed by atoms with Gasteiger partial charge >= 0.3 is 0 Å². The molecule has 17 nitrogen and oxygen atoms in total. The molecule has 1 saturated heterocycles. The molecule has 386 valence electrons. The van der Waals surface area contributed by atoms with Crippen molar-refractivity contribution in [3.63, 3.8) is 0 Å². The van der Waals surface area contributed by atoms with Crippen LogP contribution in [0.2, 0.25) is 0 Å². The number of methoxy groups -OCH3 is 4. The van der Waals surface area contributed by atoms with Crippen molar-refractivity contribution in [1.82, 2.24) is 20.4 Å². The van der Waals surface area contributed by atoms with E-state index in [2.05, 4.69) is 43.2 Å². The Labute approximate surface area is 428 Å². The van der Waals surface area contributed by atoms with Gasteiger partial charge in [-0.3, -0.25) is 14.4 Å². The molecule has 0 bridgehead atoms. The number of nitrogens with zero attached hydrogens (tertiary/aromatic N) is 2. The van der Waals surface area contributed by atoms with E-state index < -0.39 is 11.6 Å². The van der Waals surface area contributed by atoms with Crippen LogP contribution >= 0.6 is 37.2 Å². The van der Waals surface area contributed by atoms with Gasteiger partial charge < -0.3 is 70.4 Å². The second-order valence-electron chi connectivity index (χ2n) is 16.7. The number of hydrogen-bond acceptors (Lipinski definition) is 16. The van der Waals surface area contributed by atoms with E-state index >= 15 is 0 Å². The van der Waals surface area contributed by atoms with Crippen LogP contribution in [0.3, 0.4) is 0 Å². The fourth-order valence-corrected chi connectivity index (χ4v) is 8.99. The lowest BCUT2D eigenvalue weighted by molar-refractivity contribution is -0.131. The topological polar surface area (TPSA) is 224 Å². The summed E-state index contributed by atoms with van der Waals surface area (Å²) in [7, 11) is 6.62. The Bertz CT molecular complexity index is 2280. The predicted molar refractivity (Wildman–Crippen MR) is 278 cm³/mol. The summed E-state index contributed by atoms with van der Waals surface area (Å²) in [6, 6.07) is 15.9. The van der Waals surface area contributed by atoms with Crippen LogP contribution < -0.4 is 40.2 Å². The minimum atomic E-state index is -0.559. The highest BCUT2D eigenvalue weighted by atomic mass is 35.5. The van der Waals surface area contributed by atoms with Gasteiger partial charge in [-0.2, -0.15) is 0 Å². The van der Waals surface area contributed by atoms with Gasteiger partial charge in [0.2, 0.25) is 17.5 Å². The number of carbonyl (C=O) groups is 3. The summed E-state index contributed by atoms with van der Waals surface area (Å²) >= 11 is 0. The summed E-state index contributed by atoms with van der Waals surface area (Å²) in [5.41, 5.74) is 4.15. The standard InChI is InChI=1S/C28H38N2O5.C22H28N4O6.3ClH/c1-32-24-8-7-20(14-25(24)33-2)9-12-29-11-5-6-21(18-29)19-30-13-10-22-15-26(34-3)27(35-4)16-23(22)17-28(30)31;27-11-9-23-5-7-25-13-1-2-14(26-8-6-24-10-12-28)18-17(13)21(31)19-15(29)3-4-16(30)20(19)22(18)32;;;/h7-8,14-16,21H,5-6,9-13,17-19H2,1-4H3;1-4,23-30H,5-12H2;3*1H/t21-;;;;/m0..../s1. The zero-order valence-electron chi connectivity index (χ0n) is 40.3. The van der Waals surface area contributed by atoms with Crippen LogP contribution in [0.1, 0.15) is 61.4 Å². The van der Waals surface area contributed by atoms with Gasteiger partial charge in [0, 0.05) is 76.8 Å². The van der Waals surface area contributed by atoms with E-state index in [-0.39, 0.29) is 90.1 Å². The molecule has 20 heteroatoms. The Morgan fingerprint density at radius 1 is 0.614 bits per heavy atom. The van der Waals surface area contributed by atoms with E-state index in [1.54, 1.807) is 40.6 Å². The molecule has 4 aromatic carbocycles. The molecular weight excluding hydrogens is 967 g/mol. The molecule has 0 aromatic heterocycles. The highest BCUT2D eigenvalue weighted by molar-refractivity contribution is 6.33. The number of carbonyl (C=O) groups excluding carboxylic acids is 3. The number of phenols is 2. The lowest BCUT2D eigenvalue weighted by atomic mass is 9.81. The second-order valence-corrected chi connectivity index (χ2v) is 16.7. The van der Waals surface area contributed by atoms with E-state index in [0.717, 1.165) is 68.4 Å². The SMILES string of the molecule is COc1ccc(CCN2CCC[C@H](CN3CCc4cc(OC)c(OC)cc4CC3=O)C2)cc1OC.Cl.Cl.Cl.O=C1c2c(O)ccc(O)c2C(=O)c2c(NCCNCCO)ccc(NCCNCCO)c21. The van der Waals surface area contributed by atoms with E-state index in [9.17, 15) is 24.6 Å². The van der Waals surface area contributed by atoms with Gasteiger partial charge in [-0.05, 0) is 103 Å². The number of benzene rings is 4. The van der Waals surface area contributed by atoms with Crippen LogP contribution in [0.15, 0.2) is 54.6 Å². The smallest absolute Gasteiger partial charge is 0.227 e. The van der Waals surface area contributed by atoms with Crippen molar-refractivity contribution in [3.8, 4) is 34.5 Å². The van der Waals surface area contributed by atoms with Gasteiger partial charge in [-0.1, -0.05) is 6.07 Å². The van der Waals surface area contributed by atoms with Crippen molar-refractivity contribution >= 4 is 66.1 Å². The maximum atomic E-state index is 13.4. The van der Waals surface area contributed by atoms with E-state index in [4.69, 9.17) is 29.2 Å². The van der Waals surface area contributed by atoms with Crippen LogP contribution in [0.4, 0.5) is 11.4 Å². The molecule has 8 N–H and O–H groups in total. The summed E-state index contributed by atoms with van der Waals surface area (Å²) in [5.74, 6) is 1.80. The van der Waals surface area contributed by atoms with Gasteiger partial charge in [0.25, 0.3) is 0 Å². The molecule has 1 aliphatic carbocycles. The first-order valence-corrected chi connectivity index (χ1v) is 22.9. The van der Waals surface area contributed by atoms with Gasteiger partial charge in [-0.15, -0.1) is 37.2 Å². The third kappa shape index (κ3) is 14.7. The van der Waals surface area contributed by atoms with Crippen molar-refractivity contribution < 1.29 is 53.8 Å². The summed E-state index contributed by atoms with van der Waals surface area (Å²) in [6.45, 7) is 7.54. The third-order valence-electron chi connectivity index (χ3n) is 12.4. The number of ketones is 2. The lowest BCUT2D eigenvalue weighted by Crippen LogP contribution is -2.44. The highest BCUT2D eigenvalue weighted by Gasteiger charge is 2.38. The fourth-order valence-electron chi connectivity index (χ4n) is 8.99. The summed E-state index contributed by atoms with van der Waals surface area (Å²) in [6.07, 6.45) is 4.58. The van der Waals surface area contributed by atoms with Gasteiger partial charge in [0.05, 0.1) is 70.3 Å². The van der Waals surface area contributed by atoms with Gasteiger partial charge in [0.1, 0.15) is 11.5 Å². The molecule has 7 rings (SSSR count). The van der Waals surface area contributed by atoms with Gasteiger partial charge in [0.15, 0.2) is 23.0 Å². The lowest BCUT2D eigenvalue weighted by Gasteiger charge is -2.35. The molecule has 2 heterocycles. The maximum absolute atomic E-state index is 13.4. The molecule has 0 spiro atoms. The predicted octanol–water partition coefficient (Wildman–Crippen LogP) is 4.73. The average molecular weight is 1040 g/mol. The number of aliphatic hydroxyl groups excluding tert-OH is 2. The summed E-state index contributed by atoms with van der Waals surface area (Å²) in [5, 5.41) is 50.6. The minimum absolute atomic E-state index is 0. The molecule has 0 radical (unpaired) electrons. The van der Waals surface area contributed by atoms with E-state index in [1.165, 1.54) is 36.1 Å². The Kier molecular flexibility index (Phi) is 24.6. The number of rotatable bonds is 21. The maximum Gasteiger partial charge on any atom is 0.227 e. The largest absolute Gasteiger partial charge is 0.507 e. The van der Waals surface area contributed by atoms with Crippen molar-refractivity contribution in [2.45, 2.75) is 32.1 Å². The number of anilines is 2. The van der Waals surface area contributed by atoms with Crippen molar-refractivity contribution in [1.29, 1.82) is 0 Å². The number of aromatic hydroxyl groups is 2. The van der Waals surface area contributed by atoms with E-state index in [0.29, 0.717) is 68.7 Å². The molecular formula is C50H69Cl3N6O11. The molecule has 2 aliphatic heterocycles. The number of likely N-dealkylation sites (tertiary alicyclic amines) is 1. The van der Waals surface area contributed by atoms with Crippen molar-refractivity contribution in [2.75, 3.05) is 124 Å². The van der Waals surface area contributed by atoms with Crippen LogP contribution in [-0.2, 0) is 24.1 Å². The normalized spacial score (nSPS) is 15.0. The molecule has 0 unspecified atom stereocenters. The van der Waals surface area contributed by atoms with Gasteiger partial charge in [-0.25, -0.2) is 0 Å². The molecule has 1 fully saturated rings. The Morgan fingerprint density at radius 3 is 1.67 bits per heavy atom. The number of amides is 1. The molecule has 1 amide bonds. The van der Waals surface area contributed by atoms with Crippen molar-refractivity contribution in [2.24, 2.45) is 5.92 Å². The fraction of sp³-hybridized carbons (Fsp3) is 0.460. The second kappa shape index (κ2) is 29.2. The minimum Gasteiger partial charge on any atom is -0.507 e. The number of fused-ring (bicyclic) bond motifs is 3. The number of hydrogen-bond donors (Lipinski definition) is 8. The Morgan fingerprint density at radius 2 is 1.14 bits per heavy atom. The summed E-state index contributed by atoms with van der Waals surface area (Å²) in [4.78, 5) is 44.5. The number of nitrogens with one attached hydrogen (secondary N) is 4.